The molecule has 1 aliphatic carbocycles. The van der Waals surface area contributed by atoms with Crippen molar-refractivity contribution in [3.8, 4) is 0 Å². The molecule has 0 aromatic rings. The second-order valence-corrected chi connectivity index (χ2v) is 4.07. The first-order valence-corrected chi connectivity index (χ1v) is 4.98. The summed E-state index contributed by atoms with van der Waals surface area (Å²) in [6.45, 7) is 3.13. The smallest absolute Gasteiger partial charge is 0.176 e. The normalized spacial score (nSPS) is 20.8. The van der Waals surface area contributed by atoms with Crippen LogP contribution in [0.15, 0.2) is 39.7 Å². The molecule has 64 valence electrons. The van der Waals surface area contributed by atoms with Gasteiger partial charge in [0.2, 0.25) is 0 Å². The number of nitrogens with one attached hydrogen (secondary N) is 1. The topological polar surface area (TPSA) is 53.3 Å². The highest BCUT2D eigenvalue weighted by Crippen LogP contribution is 2.13. The molecule has 0 aromatic heterocycles. The molecule has 0 aromatic carbocycles. The van der Waals surface area contributed by atoms with Crippen LogP contribution in [-0.2, 0) is 9.92 Å². The Hall–Kier alpha value is -1.16. The van der Waals surface area contributed by atoms with E-state index < -0.39 is 9.92 Å². The average Bonchev–Trinajstić information content (AvgIpc) is 2.32. The van der Waals surface area contributed by atoms with E-state index in [9.17, 15) is 4.21 Å². The van der Waals surface area contributed by atoms with Crippen LogP contribution in [0.5, 0.6) is 0 Å². The molecule has 0 saturated heterocycles. The summed E-state index contributed by atoms with van der Waals surface area (Å²) in [4.78, 5) is 0.409. The first-order valence-electron chi connectivity index (χ1n) is 3.47. The van der Waals surface area contributed by atoms with Gasteiger partial charge in [-0.05, 0) is 18.6 Å². The SMILES string of the molecule is C=NS(=N)(=O)C1=CC=CCC=C1. The van der Waals surface area contributed by atoms with Crippen molar-refractivity contribution in [1.29, 1.82) is 4.78 Å². The van der Waals surface area contributed by atoms with Gasteiger partial charge in [0.05, 0.1) is 4.91 Å². The molecular weight excluding hydrogens is 172 g/mol. The molecule has 0 bridgehead atoms. The van der Waals surface area contributed by atoms with E-state index in [1.165, 1.54) is 0 Å². The van der Waals surface area contributed by atoms with Gasteiger partial charge in [0, 0.05) is 6.72 Å². The summed E-state index contributed by atoms with van der Waals surface area (Å²) in [6.07, 6.45) is 9.62. The largest absolute Gasteiger partial charge is 0.230 e. The van der Waals surface area contributed by atoms with Gasteiger partial charge in [0.1, 0.15) is 0 Å². The van der Waals surface area contributed by atoms with Crippen molar-refractivity contribution >= 4 is 16.6 Å². The van der Waals surface area contributed by atoms with Crippen molar-refractivity contribution in [2.45, 2.75) is 6.42 Å². The van der Waals surface area contributed by atoms with E-state index in [0.29, 0.717) is 4.91 Å². The van der Waals surface area contributed by atoms with Crippen LogP contribution in [0.4, 0.5) is 0 Å². The first kappa shape index (κ1) is 8.93. The van der Waals surface area contributed by atoms with Crippen molar-refractivity contribution in [3.63, 3.8) is 0 Å². The van der Waals surface area contributed by atoms with E-state index in [4.69, 9.17) is 4.78 Å². The Kier molecular flexibility index (Phi) is 2.60. The van der Waals surface area contributed by atoms with E-state index in [0.717, 1.165) is 6.42 Å². The molecule has 4 heteroatoms. The second kappa shape index (κ2) is 3.49. The minimum Gasteiger partial charge on any atom is -0.230 e. The van der Waals surface area contributed by atoms with Crippen molar-refractivity contribution < 1.29 is 4.21 Å². The molecule has 0 heterocycles. The predicted molar refractivity (Wildman–Crippen MR) is 51.4 cm³/mol. The summed E-state index contributed by atoms with van der Waals surface area (Å²) in [6, 6.07) is 0. The number of rotatable bonds is 2. The summed E-state index contributed by atoms with van der Waals surface area (Å²) in [5, 5.41) is 0. The number of nitrogens with zero attached hydrogens (tertiary/aromatic N) is 1. The van der Waals surface area contributed by atoms with Gasteiger partial charge in [-0.1, -0.05) is 18.2 Å². The highest BCUT2D eigenvalue weighted by Gasteiger charge is 2.06. The van der Waals surface area contributed by atoms with Crippen molar-refractivity contribution in [1.82, 2.24) is 0 Å². The molecule has 0 spiro atoms. The highest BCUT2D eigenvalue weighted by atomic mass is 32.2. The lowest BCUT2D eigenvalue weighted by atomic mass is 10.4. The summed E-state index contributed by atoms with van der Waals surface area (Å²) < 4.78 is 21.9. The molecule has 0 aliphatic heterocycles. The molecule has 1 atom stereocenters. The van der Waals surface area contributed by atoms with Gasteiger partial charge in [0.15, 0.2) is 9.92 Å². The Bertz CT molecular complexity index is 361. The fourth-order valence-corrected chi connectivity index (χ4v) is 1.51. The Labute approximate surface area is 72.3 Å². The lowest BCUT2D eigenvalue weighted by molar-refractivity contribution is 0.681. The summed E-state index contributed by atoms with van der Waals surface area (Å²) in [5.74, 6) is 0. The number of allylic oxidation sites excluding steroid dienone is 5. The lowest BCUT2D eigenvalue weighted by Gasteiger charge is -1.98. The average molecular weight is 182 g/mol. The molecule has 0 fully saturated rings. The molecule has 3 nitrogen and oxygen atoms in total. The van der Waals surface area contributed by atoms with Crippen LogP contribution < -0.4 is 0 Å². The Balaban J connectivity index is 3.11. The maximum atomic E-state index is 11.3. The van der Waals surface area contributed by atoms with Gasteiger partial charge >= 0.3 is 0 Å². The summed E-state index contributed by atoms with van der Waals surface area (Å²) >= 11 is 0. The zero-order valence-electron chi connectivity index (χ0n) is 6.56. The number of hydrogen-bond donors (Lipinski definition) is 1. The maximum absolute atomic E-state index is 11.3. The second-order valence-electron chi connectivity index (χ2n) is 2.29. The van der Waals surface area contributed by atoms with Crippen LogP contribution >= 0.6 is 0 Å². The van der Waals surface area contributed by atoms with Crippen LogP contribution in [0.1, 0.15) is 6.42 Å². The molecule has 0 radical (unpaired) electrons. The minimum absolute atomic E-state index is 0.409. The fraction of sp³-hybridized carbons (Fsp3) is 0.125. The quantitative estimate of drug-likeness (QED) is 0.653. The van der Waals surface area contributed by atoms with Crippen LogP contribution in [0.25, 0.3) is 0 Å². The molecule has 1 rings (SSSR count). The third-order valence-electron chi connectivity index (χ3n) is 1.45. The minimum atomic E-state index is -3.01. The van der Waals surface area contributed by atoms with Gasteiger partial charge in [0.25, 0.3) is 0 Å². The Morgan fingerprint density at radius 3 is 3.00 bits per heavy atom. The summed E-state index contributed by atoms with van der Waals surface area (Å²) in [5.41, 5.74) is 0. The van der Waals surface area contributed by atoms with Gasteiger partial charge in [-0.3, -0.25) is 0 Å². The van der Waals surface area contributed by atoms with E-state index in [2.05, 4.69) is 11.1 Å². The molecule has 1 unspecified atom stereocenters. The molecule has 0 amide bonds. The predicted octanol–water partition coefficient (Wildman–Crippen LogP) is 2.05. The molecule has 0 saturated carbocycles. The van der Waals surface area contributed by atoms with E-state index >= 15 is 0 Å². The van der Waals surface area contributed by atoms with E-state index in [1.807, 2.05) is 12.2 Å². The standard InChI is InChI=1S/C8H10N2OS/c1-10-12(9,11)8-6-4-2-3-5-7-8/h2,4-7,9H,1,3H2. The van der Waals surface area contributed by atoms with Crippen molar-refractivity contribution in [2.24, 2.45) is 4.40 Å². The monoisotopic (exact) mass is 182 g/mol. The van der Waals surface area contributed by atoms with E-state index in [-0.39, 0.29) is 0 Å². The molecule has 1 aliphatic rings. The van der Waals surface area contributed by atoms with Gasteiger partial charge < -0.3 is 0 Å². The summed E-state index contributed by atoms with van der Waals surface area (Å²) in [7, 11) is -3.01. The van der Waals surface area contributed by atoms with Crippen molar-refractivity contribution in [3.05, 3.63) is 35.3 Å². The molecular formula is C8H10N2OS. The van der Waals surface area contributed by atoms with Gasteiger partial charge in [-0.25, -0.2) is 8.99 Å². The fourth-order valence-electron chi connectivity index (χ4n) is 0.819. The van der Waals surface area contributed by atoms with Crippen molar-refractivity contribution in [2.75, 3.05) is 0 Å². The third kappa shape index (κ3) is 1.92. The van der Waals surface area contributed by atoms with Crippen LogP contribution in [-0.4, -0.2) is 10.9 Å². The Morgan fingerprint density at radius 2 is 2.33 bits per heavy atom. The van der Waals surface area contributed by atoms with Gasteiger partial charge in [-0.15, -0.1) is 0 Å². The molecule has 12 heavy (non-hydrogen) atoms. The van der Waals surface area contributed by atoms with Crippen LogP contribution in [0, 0.1) is 4.78 Å². The van der Waals surface area contributed by atoms with Crippen LogP contribution in [0.2, 0.25) is 0 Å². The van der Waals surface area contributed by atoms with Gasteiger partial charge in [-0.2, -0.15) is 4.40 Å². The zero-order valence-corrected chi connectivity index (χ0v) is 7.38. The Morgan fingerprint density at radius 1 is 1.58 bits per heavy atom. The first-order chi connectivity index (χ1) is 5.67. The number of hydrogen-bond acceptors (Lipinski definition) is 2. The maximum Gasteiger partial charge on any atom is 0.176 e. The van der Waals surface area contributed by atoms with E-state index in [1.54, 1.807) is 18.2 Å². The third-order valence-corrected chi connectivity index (χ3v) is 2.73. The highest BCUT2D eigenvalue weighted by molar-refractivity contribution is 7.95. The molecule has 1 N–H and O–H groups in total. The van der Waals surface area contributed by atoms with Crippen LogP contribution in [0.3, 0.4) is 0 Å². The zero-order chi connectivity index (χ0) is 9.03. The lowest BCUT2D eigenvalue weighted by Crippen LogP contribution is -1.93.